The highest BCUT2D eigenvalue weighted by Gasteiger charge is 2.34. The number of carbonyl (C=O) groups is 1. The van der Waals surface area contributed by atoms with E-state index in [2.05, 4.69) is 65.2 Å². The van der Waals surface area contributed by atoms with Crippen LogP contribution >= 0.6 is 0 Å². The number of nitrogens with zero attached hydrogens (tertiary/aromatic N) is 6. The first kappa shape index (κ1) is 25.8. The van der Waals surface area contributed by atoms with Gasteiger partial charge in [-0.1, -0.05) is 30.3 Å². The molecular formula is C32H34N6O2. The molecule has 4 heterocycles. The standard InChI is InChI=1S/C32H34N6O2/c1-21-18-36(31(39)40-32(3,4)5)19-22(2)38(21)25-13-11-23(12-14-25)24-16-34-30-28(17-35-37(30)20-24)26-8-6-10-29-27(26)9-7-15-33-29/h6-17,20-22H,18-19H2,1-5H3. The number of amides is 1. The average Bonchev–Trinajstić information content (AvgIpc) is 3.35. The first-order valence-corrected chi connectivity index (χ1v) is 13.7. The summed E-state index contributed by atoms with van der Waals surface area (Å²) < 4.78 is 7.45. The topological polar surface area (TPSA) is 75.9 Å². The van der Waals surface area contributed by atoms with Gasteiger partial charge in [0.1, 0.15) is 5.60 Å². The minimum atomic E-state index is -0.500. The van der Waals surface area contributed by atoms with E-state index in [1.54, 1.807) is 0 Å². The molecule has 1 aliphatic heterocycles. The van der Waals surface area contributed by atoms with Gasteiger partial charge in [-0.2, -0.15) is 5.10 Å². The monoisotopic (exact) mass is 534 g/mol. The quantitative estimate of drug-likeness (QED) is 0.265. The van der Waals surface area contributed by atoms with Gasteiger partial charge in [0, 0.05) is 66.0 Å². The van der Waals surface area contributed by atoms with E-state index >= 15 is 0 Å². The van der Waals surface area contributed by atoms with Gasteiger partial charge in [-0.25, -0.2) is 14.3 Å². The fraction of sp³-hybridized carbons (Fsp3) is 0.312. The van der Waals surface area contributed by atoms with Gasteiger partial charge < -0.3 is 14.5 Å². The third-order valence-electron chi connectivity index (χ3n) is 7.36. The number of ether oxygens (including phenoxy) is 1. The summed E-state index contributed by atoms with van der Waals surface area (Å²) in [5, 5.41) is 5.71. The molecule has 1 saturated heterocycles. The van der Waals surface area contributed by atoms with E-state index < -0.39 is 5.60 Å². The molecule has 0 radical (unpaired) electrons. The molecule has 2 aromatic carbocycles. The maximum atomic E-state index is 12.7. The molecule has 1 aliphatic rings. The van der Waals surface area contributed by atoms with Crippen LogP contribution in [-0.4, -0.2) is 61.3 Å². The van der Waals surface area contributed by atoms with E-state index in [1.165, 1.54) is 0 Å². The fourth-order valence-corrected chi connectivity index (χ4v) is 5.69. The molecule has 0 bridgehead atoms. The maximum Gasteiger partial charge on any atom is 0.410 e. The molecule has 0 saturated carbocycles. The molecule has 0 aliphatic carbocycles. The molecule has 0 spiro atoms. The molecule has 8 heteroatoms. The second-order valence-electron chi connectivity index (χ2n) is 11.6. The van der Waals surface area contributed by atoms with Crippen LogP contribution < -0.4 is 4.90 Å². The number of carbonyl (C=O) groups excluding carboxylic acids is 1. The number of hydrogen-bond acceptors (Lipinski definition) is 6. The summed E-state index contributed by atoms with van der Waals surface area (Å²) >= 11 is 0. The van der Waals surface area contributed by atoms with Crippen molar-refractivity contribution in [3.05, 3.63) is 79.4 Å². The van der Waals surface area contributed by atoms with E-state index in [0.717, 1.165) is 44.5 Å². The Morgan fingerprint density at radius 3 is 2.35 bits per heavy atom. The highest BCUT2D eigenvalue weighted by Crippen LogP contribution is 2.32. The number of anilines is 1. The lowest BCUT2D eigenvalue weighted by Crippen LogP contribution is -2.58. The molecule has 8 nitrogen and oxygen atoms in total. The normalized spacial score (nSPS) is 17.9. The predicted molar refractivity (Wildman–Crippen MR) is 158 cm³/mol. The van der Waals surface area contributed by atoms with Crippen molar-refractivity contribution in [2.75, 3.05) is 18.0 Å². The van der Waals surface area contributed by atoms with Gasteiger partial charge >= 0.3 is 6.09 Å². The van der Waals surface area contributed by atoms with Crippen molar-refractivity contribution in [2.45, 2.75) is 52.3 Å². The smallest absolute Gasteiger partial charge is 0.410 e. The molecule has 6 rings (SSSR count). The van der Waals surface area contributed by atoms with Crippen molar-refractivity contribution in [1.29, 1.82) is 0 Å². The van der Waals surface area contributed by atoms with Gasteiger partial charge in [-0.3, -0.25) is 4.98 Å². The molecular weight excluding hydrogens is 500 g/mol. The van der Waals surface area contributed by atoms with Gasteiger partial charge in [-0.05, 0) is 70.0 Å². The minimum Gasteiger partial charge on any atom is -0.444 e. The summed E-state index contributed by atoms with van der Waals surface area (Å²) in [5.41, 5.74) is 6.50. The first-order valence-electron chi connectivity index (χ1n) is 13.7. The van der Waals surface area contributed by atoms with E-state index in [0.29, 0.717) is 13.1 Å². The van der Waals surface area contributed by atoms with Crippen molar-refractivity contribution in [3.63, 3.8) is 0 Å². The Bertz CT molecular complexity index is 1670. The van der Waals surface area contributed by atoms with E-state index in [-0.39, 0.29) is 18.2 Å². The van der Waals surface area contributed by atoms with Gasteiger partial charge in [-0.15, -0.1) is 0 Å². The lowest BCUT2D eigenvalue weighted by Gasteiger charge is -2.45. The van der Waals surface area contributed by atoms with Crippen LogP contribution in [0.4, 0.5) is 10.5 Å². The van der Waals surface area contributed by atoms with Crippen LogP contribution in [0.25, 0.3) is 38.8 Å². The average molecular weight is 535 g/mol. The molecule has 40 heavy (non-hydrogen) atoms. The number of hydrogen-bond donors (Lipinski definition) is 0. The summed E-state index contributed by atoms with van der Waals surface area (Å²) in [6, 6.07) is 19.0. The van der Waals surface area contributed by atoms with E-state index in [9.17, 15) is 4.79 Å². The summed E-state index contributed by atoms with van der Waals surface area (Å²) in [5.74, 6) is 0. The maximum absolute atomic E-state index is 12.7. The molecule has 1 fully saturated rings. The van der Waals surface area contributed by atoms with Crippen molar-refractivity contribution in [1.82, 2.24) is 24.5 Å². The fourth-order valence-electron chi connectivity index (χ4n) is 5.69. The third kappa shape index (κ3) is 4.85. The summed E-state index contributed by atoms with van der Waals surface area (Å²) in [6.45, 7) is 11.2. The van der Waals surface area contributed by atoms with Crippen molar-refractivity contribution >= 4 is 28.3 Å². The Hall–Kier alpha value is -4.46. The highest BCUT2D eigenvalue weighted by molar-refractivity contribution is 5.97. The zero-order chi connectivity index (χ0) is 28.0. The number of pyridine rings is 1. The summed E-state index contributed by atoms with van der Waals surface area (Å²) in [4.78, 5) is 26.1. The van der Waals surface area contributed by atoms with Crippen LogP contribution in [0.15, 0.2) is 79.4 Å². The highest BCUT2D eigenvalue weighted by atomic mass is 16.6. The number of fused-ring (bicyclic) bond motifs is 2. The number of aromatic nitrogens is 4. The molecule has 2 atom stereocenters. The van der Waals surface area contributed by atoms with Crippen LogP contribution in [0, 0.1) is 0 Å². The van der Waals surface area contributed by atoms with Gasteiger partial charge in [0.05, 0.1) is 11.7 Å². The summed E-state index contributed by atoms with van der Waals surface area (Å²) in [7, 11) is 0. The van der Waals surface area contributed by atoms with Gasteiger partial charge in [0.25, 0.3) is 0 Å². The van der Waals surface area contributed by atoms with Gasteiger partial charge in [0.15, 0.2) is 5.65 Å². The SMILES string of the molecule is CC1CN(C(=O)OC(C)(C)C)CC(C)N1c1ccc(-c2cnc3c(-c4cccc5ncccc45)cnn3c2)cc1. The van der Waals surface area contributed by atoms with Crippen LogP contribution in [0.5, 0.6) is 0 Å². The minimum absolute atomic E-state index is 0.159. The zero-order valence-electron chi connectivity index (χ0n) is 23.6. The van der Waals surface area contributed by atoms with Gasteiger partial charge in [0.2, 0.25) is 0 Å². The van der Waals surface area contributed by atoms with Crippen molar-refractivity contribution < 1.29 is 9.53 Å². The van der Waals surface area contributed by atoms with Crippen LogP contribution in [0.2, 0.25) is 0 Å². The molecule has 3 aromatic heterocycles. The summed E-state index contributed by atoms with van der Waals surface area (Å²) in [6.07, 6.45) is 7.36. The molecule has 1 amide bonds. The molecule has 0 N–H and O–H groups in total. The molecule has 2 unspecified atom stereocenters. The molecule has 204 valence electrons. The Labute approximate surface area is 234 Å². The van der Waals surface area contributed by atoms with E-state index in [4.69, 9.17) is 9.72 Å². The third-order valence-corrected chi connectivity index (χ3v) is 7.36. The Morgan fingerprint density at radius 2 is 1.62 bits per heavy atom. The predicted octanol–water partition coefficient (Wildman–Crippen LogP) is 6.45. The molecule has 5 aromatic rings. The zero-order valence-corrected chi connectivity index (χ0v) is 23.6. The van der Waals surface area contributed by atoms with Crippen LogP contribution in [0.3, 0.4) is 0 Å². The first-order chi connectivity index (χ1) is 19.2. The Kier molecular flexibility index (Phi) is 6.41. The Balaban J connectivity index is 1.22. The largest absolute Gasteiger partial charge is 0.444 e. The van der Waals surface area contributed by atoms with Crippen LogP contribution in [-0.2, 0) is 4.74 Å². The van der Waals surface area contributed by atoms with Crippen molar-refractivity contribution in [3.8, 4) is 22.3 Å². The second-order valence-corrected chi connectivity index (χ2v) is 11.6. The number of piperazine rings is 1. The van der Waals surface area contributed by atoms with E-state index in [1.807, 2.05) is 73.2 Å². The number of benzene rings is 2. The number of rotatable bonds is 3. The lowest BCUT2D eigenvalue weighted by atomic mass is 10.0. The van der Waals surface area contributed by atoms with Crippen LogP contribution in [0.1, 0.15) is 34.6 Å². The lowest BCUT2D eigenvalue weighted by molar-refractivity contribution is 0.0193. The Morgan fingerprint density at radius 1 is 0.875 bits per heavy atom. The second kappa shape index (κ2) is 9.93. The van der Waals surface area contributed by atoms with Crippen molar-refractivity contribution in [2.24, 2.45) is 0 Å².